The quantitative estimate of drug-likeness (QED) is 0.753. The van der Waals surface area contributed by atoms with E-state index < -0.39 is 12.1 Å². The first kappa shape index (κ1) is 11.4. The predicted octanol–water partition coefficient (Wildman–Crippen LogP) is 1.53. The van der Waals surface area contributed by atoms with Gasteiger partial charge >= 0.3 is 5.97 Å². The van der Waals surface area contributed by atoms with E-state index in [2.05, 4.69) is 18.7 Å². The Hall–Kier alpha value is -0.640. The molecule has 1 aliphatic rings. The lowest BCUT2D eigenvalue weighted by Gasteiger charge is -2.20. The van der Waals surface area contributed by atoms with E-state index in [0.29, 0.717) is 12.6 Å². The normalized spacial score (nSPS) is 25.6. The Labute approximate surface area is 83.9 Å². The predicted molar refractivity (Wildman–Crippen MR) is 52.0 cm³/mol. The number of carbonyl (C=O) groups is 1. The van der Waals surface area contributed by atoms with Crippen LogP contribution < -0.4 is 0 Å². The van der Waals surface area contributed by atoms with Crippen molar-refractivity contribution in [2.45, 2.75) is 38.9 Å². The van der Waals surface area contributed by atoms with Crippen LogP contribution in [0.3, 0.4) is 0 Å². The largest absolute Gasteiger partial charge is 0.481 e. The van der Waals surface area contributed by atoms with E-state index in [1.165, 1.54) is 0 Å². The summed E-state index contributed by atoms with van der Waals surface area (Å²) in [5.41, 5.74) is 0. The molecule has 0 saturated carbocycles. The van der Waals surface area contributed by atoms with Crippen molar-refractivity contribution < 1.29 is 14.3 Å². The molecule has 1 fully saturated rings. The van der Waals surface area contributed by atoms with Crippen LogP contribution in [0.25, 0.3) is 0 Å². The van der Waals surface area contributed by atoms with Gasteiger partial charge in [0.25, 0.3) is 0 Å². The first-order chi connectivity index (χ1) is 6.50. The highest BCUT2D eigenvalue weighted by atomic mass is 19.1. The molecule has 1 rings (SSSR count). The van der Waals surface area contributed by atoms with Crippen molar-refractivity contribution in [2.24, 2.45) is 5.92 Å². The lowest BCUT2D eigenvalue weighted by molar-refractivity contribution is -0.138. The van der Waals surface area contributed by atoms with Crippen LogP contribution in [-0.2, 0) is 4.79 Å². The molecular weight excluding hydrogens is 185 g/mol. The van der Waals surface area contributed by atoms with Crippen LogP contribution in [0.15, 0.2) is 0 Å². The average Bonchev–Trinajstić information content (AvgIpc) is 2.50. The minimum atomic E-state index is -1.18. The number of carboxylic acids is 1. The topological polar surface area (TPSA) is 40.5 Å². The molecule has 1 aliphatic heterocycles. The van der Waals surface area contributed by atoms with Gasteiger partial charge in [0, 0.05) is 18.5 Å². The van der Waals surface area contributed by atoms with Gasteiger partial charge in [-0.05, 0) is 26.8 Å². The first-order valence-corrected chi connectivity index (χ1v) is 5.10. The summed E-state index contributed by atoms with van der Waals surface area (Å²) in [5.74, 6) is -1.13. The van der Waals surface area contributed by atoms with E-state index in [0.717, 1.165) is 13.0 Å². The number of alkyl halides is 1. The number of nitrogens with zero attached hydrogens (tertiary/aromatic N) is 1. The number of hydrogen-bond acceptors (Lipinski definition) is 2. The van der Waals surface area contributed by atoms with Gasteiger partial charge in [0.05, 0.1) is 6.42 Å². The number of rotatable bonds is 4. The van der Waals surface area contributed by atoms with Crippen molar-refractivity contribution in [3.05, 3.63) is 0 Å². The highest BCUT2D eigenvalue weighted by molar-refractivity contribution is 5.67. The van der Waals surface area contributed by atoms with Crippen LogP contribution in [0.4, 0.5) is 4.39 Å². The lowest BCUT2D eigenvalue weighted by Crippen LogP contribution is -2.30. The van der Waals surface area contributed by atoms with Crippen molar-refractivity contribution in [3.8, 4) is 0 Å². The van der Waals surface area contributed by atoms with Gasteiger partial charge in [-0.2, -0.15) is 0 Å². The second kappa shape index (κ2) is 4.73. The van der Waals surface area contributed by atoms with Gasteiger partial charge in [-0.3, -0.25) is 4.79 Å². The molecular formula is C10H18FNO2. The summed E-state index contributed by atoms with van der Waals surface area (Å²) in [6, 6.07) is 0.428. The number of hydrogen-bond donors (Lipinski definition) is 1. The zero-order chi connectivity index (χ0) is 10.7. The fourth-order valence-electron chi connectivity index (χ4n) is 1.91. The average molecular weight is 203 g/mol. The highest BCUT2D eigenvalue weighted by Gasteiger charge is 2.31. The SMILES string of the molecule is CC(C)N1CCC(C(F)CC(=O)O)C1. The van der Waals surface area contributed by atoms with Crippen molar-refractivity contribution >= 4 is 5.97 Å². The molecule has 4 heteroatoms. The Morgan fingerprint density at radius 1 is 1.64 bits per heavy atom. The Kier molecular flexibility index (Phi) is 3.86. The van der Waals surface area contributed by atoms with Crippen LogP contribution >= 0.6 is 0 Å². The molecule has 0 radical (unpaired) electrons. The minimum Gasteiger partial charge on any atom is -0.481 e. The monoisotopic (exact) mass is 203 g/mol. The maximum atomic E-state index is 13.4. The van der Waals surface area contributed by atoms with Crippen molar-refractivity contribution in [1.29, 1.82) is 0 Å². The minimum absolute atomic E-state index is 0.0894. The molecule has 0 aromatic carbocycles. The third-order valence-electron chi connectivity index (χ3n) is 2.87. The number of aliphatic carboxylic acids is 1. The van der Waals surface area contributed by atoms with Gasteiger partial charge in [-0.25, -0.2) is 4.39 Å². The van der Waals surface area contributed by atoms with Crippen molar-refractivity contribution in [3.63, 3.8) is 0 Å². The summed E-state index contributed by atoms with van der Waals surface area (Å²) in [6.45, 7) is 5.74. The lowest BCUT2D eigenvalue weighted by atomic mass is 10.0. The smallest absolute Gasteiger partial charge is 0.306 e. The molecule has 0 aromatic rings. The molecule has 1 saturated heterocycles. The second-order valence-corrected chi connectivity index (χ2v) is 4.25. The molecule has 0 aliphatic carbocycles. The summed E-state index contributed by atoms with van der Waals surface area (Å²) in [4.78, 5) is 12.5. The van der Waals surface area contributed by atoms with E-state index in [1.807, 2.05) is 0 Å². The zero-order valence-electron chi connectivity index (χ0n) is 8.74. The third kappa shape index (κ3) is 2.94. The molecule has 2 unspecified atom stereocenters. The maximum Gasteiger partial charge on any atom is 0.306 e. The maximum absolute atomic E-state index is 13.4. The standard InChI is InChI=1S/C10H18FNO2/c1-7(2)12-4-3-8(6-12)9(11)5-10(13)14/h7-9H,3-6H2,1-2H3,(H,13,14). The van der Waals surface area contributed by atoms with E-state index >= 15 is 0 Å². The van der Waals surface area contributed by atoms with Gasteiger partial charge in [-0.1, -0.05) is 0 Å². The van der Waals surface area contributed by atoms with Gasteiger partial charge in [-0.15, -0.1) is 0 Å². The van der Waals surface area contributed by atoms with Crippen LogP contribution in [0.2, 0.25) is 0 Å². The third-order valence-corrected chi connectivity index (χ3v) is 2.87. The summed E-state index contributed by atoms with van der Waals surface area (Å²) >= 11 is 0. The summed E-state index contributed by atoms with van der Waals surface area (Å²) in [7, 11) is 0. The molecule has 0 aromatic heterocycles. The number of likely N-dealkylation sites (tertiary alicyclic amines) is 1. The van der Waals surface area contributed by atoms with Gasteiger partial charge in [0.15, 0.2) is 0 Å². The molecule has 82 valence electrons. The highest BCUT2D eigenvalue weighted by Crippen LogP contribution is 2.25. The zero-order valence-corrected chi connectivity index (χ0v) is 8.74. The molecule has 2 atom stereocenters. The molecule has 14 heavy (non-hydrogen) atoms. The summed E-state index contributed by atoms with van der Waals surface area (Å²) < 4.78 is 13.4. The van der Waals surface area contributed by atoms with E-state index in [9.17, 15) is 9.18 Å². The van der Waals surface area contributed by atoms with Crippen molar-refractivity contribution in [1.82, 2.24) is 4.90 Å². The van der Waals surface area contributed by atoms with Crippen LogP contribution in [0.1, 0.15) is 26.7 Å². The van der Waals surface area contributed by atoms with Gasteiger partial charge < -0.3 is 10.0 Å². The Bertz CT molecular complexity index is 208. The van der Waals surface area contributed by atoms with Crippen LogP contribution in [0.5, 0.6) is 0 Å². The molecule has 0 spiro atoms. The fraction of sp³-hybridized carbons (Fsp3) is 0.900. The van der Waals surface area contributed by atoms with Crippen molar-refractivity contribution in [2.75, 3.05) is 13.1 Å². The number of carboxylic acid groups (broad SMARTS) is 1. The van der Waals surface area contributed by atoms with Crippen LogP contribution in [-0.4, -0.2) is 41.3 Å². The molecule has 1 heterocycles. The Morgan fingerprint density at radius 2 is 2.29 bits per heavy atom. The Morgan fingerprint density at radius 3 is 2.71 bits per heavy atom. The summed E-state index contributed by atoms with van der Waals surface area (Å²) in [5, 5.41) is 8.47. The molecule has 0 amide bonds. The van der Waals surface area contributed by atoms with Gasteiger partial charge in [0.1, 0.15) is 6.17 Å². The van der Waals surface area contributed by atoms with Gasteiger partial charge in [0.2, 0.25) is 0 Å². The molecule has 1 N–H and O–H groups in total. The van der Waals surface area contributed by atoms with E-state index in [4.69, 9.17) is 5.11 Å². The molecule has 0 bridgehead atoms. The van der Waals surface area contributed by atoms with Crippen LogP contribution in [0, 0.1) is 5.92 Å². The fourth-order valence-corrected chi connectivity index (χ4v) is 1.91. The van der Waals surface area contributed by atoms with E-state index in [1.54, 1.807) is 0 Å². The second-order valence-electron chi connectivity index (χ2n) is 4.25. The molecule has 3 nitrogen and oxygen atoms in total. The first-order valence-electron chi connectivity index (χ1n) is 5.10. The van der Waals surface area contributed by atoms with E-state index in [-0.39, 0.29) is 12.3 Å². The summed E-state index contributed by atoms with van der Waals surface area (Å²) in [6.07, 6.45) is -0.750. The number of halogens is 1. The Balaban J connectivity index is 2.37.